The van der Waals surface area contributed by atoms with Crippen LogP contribution in [0.4, 0.5) is 5.69 Å². The summed E-state index contributed by atoms with van der Waals surface area (Å²) in [6, 6.07) is 7.61. The second kappa shape index (κ2) is 6.76. The van der Waals surface area contributed by atoms with Crippen molar-refractivity contribution in [2.24, 2.45) is 7.05 Å². The van der Waals surface area contributed by atoms with Crippen LogP contribution in [0.2, 0.25) is 5.02 Å². The summed E-state index contributed by atoms with van der Waals surface area (Å²) in [6.45, 7) is 2.00. The van der Waals surface area contributed by atoms with Crippen LogP contribution >= 0.6 is 11.6 Å². The fourth-order valence-electron chi connectivity index (χ4n) is 2.26. The van der Waals surface area contributed by atoms with Gasteiger partial charge >= 0.3 is 0 Å². The molecule has 5 heteroatoms. The summed E-state index contributed by atoms with van der Waals surface area (Å²) in [4.78, 5) is 12.1. The molecule has 112 valence electrons. The Balaban J connectivity index is 1.96. The SMILES string of the molecule is CCc1nn(C)c(CC(=O)CCc2ccc(N)cc2)c1Cl. The molecule has 0 bridgehead atoms. The molecule has 21 heavy (non-hydrogen) atoms. The summed E-state index contributed by atoms with van der Waals surface area (Å²) in [5.74, 6) is 0.166. The van der Waals surface area contributed by atoms with Gasteiger partial charge in [-0.1, -0.05) is 30.7 Å². The van der Waals surface area contributed by atoms with E-state index in [2.05, 4.69) is 5.10 Å². The van der Waals surface area contributed by atoms with Gasteiger partial charge in [0.25, 0.3) is 0 Å². The minimum Gasteiger partial charge on any atom is -0.399 e. The third-order valence-electron chi connectivity index (χ3n) is 3.54. The Morgan fingerprint density at radius 2 is 2.00 bits per heavy atom. The van der Waals surface area contributed by atoms with Crippen molar-refractivity contribution >= 4 is 23.1 Å². The Morgan fingerprint density at radius 3 is 2.57 bits per heavy atom. The van der Waals surface area contributed by atoms with E-state index in [1.807, 2.05) is 38.2 Å². The number of carbonyl (C=O) groups excluding carboxylic acids is 1. The predicted molar refractivity (Wildman–Crippen MR) is 85.5 cm³/mol. The molecule has 1 aromatic carbocycles. The first-order valence-electron chi connectivity index (χ1n) is 7.07. The van der Waals surface area contributed by atoms with Gasteiger partial charge in [0, 0.05) is 25.6 Å². The fourth-order valence-corrected chi connectivity index (χ4v) is 2.62. The molecule has 0 aliphatic carbocycles. The molecule has 0 radical (unpaired) electrons. The molecular formula is C16H20ClN3O. The van der Waals surface area contributed by atoms with Gasteiger partial charge in [-0.05, 0) is 30.5 Å². The highest BCUT2D eigenvalue weighted by atomic mass is 35.5. The van der Waals surface area contributed by atoms with E-state index in [9.17, 15) is 4.79 Å². The Bertz CT molecular complexity index is 632. The first kappa shape index (κ1) is 15.6. The highest BCUT2D eigenvalue weighted by Crippen LogP contribution is 2.22. The zero-order valence-corrected chi connectivity index (χ0v) is 13.2. The normalized spacial score (nSPS) is 10.8. The van der Waals surface area contributed by atoms with Crippen LogP contribution in [-0.4, -0.2) is 15.6 Å². The van der Waals surface area contributed by atoms with E-state index in [0.29, 0.717) is 17.9 Å². The van der Waals surface area contributed by atoms with Gasteiger partial charge in [-0.15, -0.1) is 0 Å². The number of carbonyl (C=O) groups is 1. The Hall–Kier alpha value is -1.81. The van der Waals surface area contributed by atoms with Gasteiger partial charge in [-0.2, -0.15) is 5.10 Å². The number of Topliss-reactive ketones (excluding diaryl/α,β-unsaturated/α-hetero) is 1. The second-order valence-electron chi connectivity index (χ2n) is 5.14. The van der Waals surface area contributed by atoms with Crippen molar-refractivity contribution in [3.63, 3.8) is 0 Å². The molecule has 0 aliphatic heterocycles. The molecule has 0 saturated heterocycles. The Labute approximate surface area is 129 Å². The fraction of sp³-hybridized carbons (Fsp3) is 0.375. The van der Waals surface area contributed by atoms with Gasteiger partial charge in [-0.25, -0.2) is 0 Å². The molecule has 4 nitrogen and oxygen atoms in total. The van der Waals surface area contributed by atoms with Crippen LogP contribution in [0, 0.1) is 0 Å². The van der Waals surface area contributed by atoms with Gasteiger partial charge in [0.2, 0.25) is 0 Å². The second-order valence-corrected chi connectivity index (χ2v) is 5.52. The lowest BCUT2D eigenvalue weighted by molar-refractivity contribution is -0.118. The van der Waals surface area contributed by atoms with Gasteiger partial charge in [0.15, 0.2) is 0 Å². The number of anilines is 1. The van der Waals surface area contributed by atoms with Crippen molar-refractivity contribution in [1.29, 1.82) is 0 Å². The maximum atomic E-state index is 12.1. The number of hydrogen-bond donors (Lipinski definition) is 1. The predicted octanol–water partition coefficient (Wildman–Crippen LogP) is 2.96. The molecular weight excluding hydrogens is 286 g/mol. The third kappa shape index (κ3) is 3.85. The Morgan fingerprint density at radius 1 is 1.33 bits per heavy atom. The molecule has 0 amide bonds. The van der Waals surface area contributed by atoms with E-state index < -0.39 is 0 Å². The van der Waals surface area contributed by atoms with Crippen molar-refractivity contribution in [2.75, 3.05) is 5.73 Å². The monoisotopic (exact) mass is 305 g/mol. The van der Waals surface area contributed by atoms with Crippen LogP contribution in [0.15, 0.2) is 24.3 Å². The molecule has 0 aliphatic rings. The van der Waals surface area contributed by atoms with Crippen LogP contribution in [0.5, 0.6) is 0 Å². The van der Waals surface area contributed by atoms with E-state index >= 15 is 0 Å². The maximum absolute atomic E-state index is 12.1. The smallest absolute Gasteiger partial charge is 0.139 e. The van der Waals surface area contributed by atoms with Crippen molar-refractivity contribution in [1.82, 2.24) is 9.78 Å². The van der Waals surface area contributed by atoms with Crippen LogP contribution in [0.25, 0.3) is 0 Å². The standard InChI is InChI=1S/C16H20ClN3O/c1-3-14-16(17)15(20(2)19-14)10-13(21)9-6-11-4-7-12(18)8-5-11/h4-5,7-8H,3,6,9-10,18H2,1-2H3. The average molecular weight is 306 g/mol. The summed E-state index contributed by atoms with van der Waals surface area (Å²) >= 11 is 6.26. The number of nitrogen functional groups attached to an aromatic ring is 1. The number of aryl methyl sites for hydroxylation is 3. The third-order valence-corrected chi connectivity index (χ3v) is 3.98. The quantitative estimate of drug-likeness (QED) is 0.835. The van der Waals surface area contributed by atoms with Crippen molar-refractivity contribution < 1.29 is 4.79 Å². The largest absolute Gasteiger partial charge is 0.399 e. The molecule has 2 aromatic rings. The van der Waals surface area contributed by atoms with Crippen molar-refractivity contribution in [3.05, 3.63) is 46.2 Å². The zero-order valence-electron chi connectivity index (χ0n) is 12.4. The minimum atomic E-state index is 0.166. The molecule has 2 rings (SSSR count). The molecule has 0 saturated carbocycles. The Kier molecular flexibility index (Phi) is 5.02. The number of nitrogens with two attached hydrogens (primary N) is 1. The molecule has 2 N–H and O–H groups in total. The summed E-state index contributed by atoms with van der Waals surface area (Å²) in [5, 5.41) is 4.95. The maximum Gasteiger partial charge on any atom is 0.139 e. The number of benzene rings is 1. The topological polar surface area (TPSA) is 60.9 Å². The lowest BCUT2D eigenvalue weighted by Gasteiger charge is -2.04. The average Bonchev–Trinajstić information content (AvgIpc) is 2.74. The lowest BCUT2D eigenvalue weighted by Crippen LogP contribution is -2.08. The van der Waals surface area contributed by atoms with E-state index in [1.165, 1.54) is 0 Å². The zero-order chi connectivity index (χ0) is 15.4. The summed E-state index contributed by atoms with van der Waals surface area (Å²) in [7, 11) is 1.83. The van der Waals surface area contributed by atoms with Crippen LogP contribution < -0.4 is 5.73 Å². The van der Waals surface area contributed by atoms with Crippen molar-refractivity contribution in [3.8, 4) is 0 Å². The summed E-state index contributed by atoms with van der Waals surface area (Å²) < 4.78 is 1.71. The lowest BCUT2D eigenvalue weighted by atomic mass is 10.0. The number of rotatable bonds is 6. The van der Waals surface area contributed by atoms with Gasteiger partial charge in [0.1, 0.15) is 5.78 Å². The highest BCUT2D eigenvalue weighted by Gasteiger charge is 2.16. The number of nitrogens with zero attached hydrogens (tertiary/aromatic N) is 2. The molecule has 1 aromatic heterocycles. The molecule has 0 atom stereocenters. The molecule has 0 unspecified atom stereocenters. The van der Waals surface area contributed by atoms with E-state index in [0.717, 1.165) is 35.5 Å². The number of ketones is 1. The molecule has 0 spiro atoms. The number of halogens is 1. The van der Waals surface area contributed by atoms with Crippen LogP contribution in [0.3, 0.4) is 0 Å². The number of aromatic nitrogens is 2. The minimum absolute atomic E-state index is 0.166. The van der Waals surface area contributed by atoms with E-state index in [-0.39, 0.29) is 5.78 Å². The molecule has 1 heterocycles. The van der Waals surface area contributed by atoms with Gasteiger partial charge in [0.05, 0.1) is 16.4 Å². The van der Waals surface area contributed by atoms with E-state index in [1.54, 1.807) is 4.68 Å². The first-order valence-corrected chi connectivity index (χ1v) is 7.45. The van der Waals surface area contributed by atoms with Gasteiger partial charge in [-0.3, -0.25) is 9.48 Å². The van der Waals surface area contributed by atoms with Gasteiger partial charge < -0.3 is 5.73 Å². The highest BCUT2D eigenvalue weighted by molar-refractivity contribution is 6.32. The first-order chi connectivity index (χ1) is 10.0. The number of hydrogen-bond acceptors (Lipinski definition) is 3. The van der Waals surface area contributed by atoms with Crippen LogP contribution in [-0.2, 0) is 31.1 Å². The molecule has 0 fully saturated rings. The summed E-state index contributed by atoms with van der Waals surface area (Å²) in [6.07, 6.45) is 2.31. The van der Waals surface area contributed by atoms with Crippen LogP contribution in [0.1, 0.15) is 30.3 Å². The summed E-state index contributed by atoms with van der Waals surface area (Å²) in [5.41, 5.74) is 9.14. The van der Waals surface area contributed by atoms with E-state index in [4.69, 9.17) is 17.3 Å². The van der Waals surface area contributed by atoms with Crippen molar-refractivity contribution in [2.45, 2.75) is 32.6 Å².